The first kappa shape index (κ1) is 20.6. The molecule has 2 atom stereocenters. The van der Waals surface area contributed by atoms with Crippen LogP contribution in [0.15, 0.2) is 24.7 Å². The summed E-state index contributed by atoms with van der Waals surface area (Å²) in [5, 5.41) is 26.8. The number of halogens is 2. The van der Waals surface area contributed by atoms with Gasteiger partial charge in [-0.05, 0) is 43.6 Å². The van der Waals surface area contributed by atoms with Crippen molar-refractivity contribution in [2.45, 2.75) is 31.7 Å². The SMILES string of the molecule is O=C(O)[C@H]1C2CCC(CC2)[C@@H]1Nc1nc(-c2n[nH]c3ncc(F)cc23)nc(-c2cn[nH]c2)c1F. The summed E-state index contributed by atoms with van der Waals surface area (Å²) in [6.45, 7) is 0. The van der Waals surface area contributed by atoms with Gasteiger partial charge in [0.2, 0.25) is 0 Å². The van der Waals surface area contributed by atoms with Crippen molar-refractivity contribution in [1.29, 1.82) is 0 Å². The number of fused-ring (bicyclic) bond motifs is 4. The van der Waals surface area contributed by atoms with E-state index in [0.29, 0.717) is 16.6 Å². The molecule has 174 valence electrons. The van der Waals surface area contributed by atoms with Crippen LogP contribution >= 0.6 is 0 Å². The molecule has 3 aliphatic rings. The van der Waals surface area contributed by atoms with E-state index in [1.165, 1.54) is 18.5 Å². The molecule has 10 nitrogen and oxygen atoms in total. The average Bonchev–Trinajstić information content (AvgIpc) is 3.51. The summed E-state index contributed by atoms with van der Waals surface area (Å²) in [5.74, 6) is -2.73. The monoisotopic (exact) mass is 466 g/mol. The van der Waals surface area contributed by atoms with Crippen molar-refractivity contribution < 1.29 is 18.7 Å². The van der Waals surface area contributed by atoms with Crippen molar-refractivity contribution in [1.82, 2.24) is 35.3 Å². The van der Waals surface area contributed by atoms with Crippen molar-refractivity contribution in [3.63, 3.8) is 0 Å². The molecule has 4 aromatic rings. The quantitative estimate of drug-likeness (QED) is 0.350. The summed E-state index contributed by atoms with van der Waals surface area (Å²) in [4.78, 5) is 24.8. The van der Waals surface area contributed by atoms with Crippen LogP contribution in [0.5, 0.6) is 0 Å². The molecule has 0 aromatic carbocycles. The maximum atomic E-state index is 15.7. The Morgan fingerprint density at radius 2 is 1.88 bits per heavy atom. The second-order valence-electron chi connectivity index (χ2n) is 8.88. The molecule has 0 radical (unpaired) electrons. The van der Waals surface area contributed by atoms with E-state index in [2.05, 4.69) is 40.7 Å². The number of rotatable bonds is 5. The van der Waals surface area contributed by atoms with Crippen molar-refractivity contribution in [3.05, 3.63) is 36.3 Å². The molecule has 0 aliphatic heterocycles. The summed E-state index contributed by atoms with van der Waals surface area (Å²) in [7, 11) is 0. The van der Waals surface area contributed by atoms with Crippen molar-refractivity contribution in [2.75, 3.05) is 5.32 Å². The summed E-state index contributed by atoms with van der Waals surface area (Å²) < 4.78 is 29.6. The van der Waals surface area contributed by atoms with Gasteiger partial charge in [-0.15, -0.1) is 0 Å². The fourth-order valence-electron chi connectivity index (χ4n) is 5.44. The smallest absolute Gasteiger partial charge is 0.308 e. The van der Waals surface area contributed by atoms with E-state index in [-0.39, 0.29) is 34.9 Å². The number of aromatic amines is 2. The third-order valence-corrected chi connectivity index (χ3v) is 7.03. The van der Waals surface area contributed by atoms with Crippen LogP contribution in [0.4, 0.5) is 14.6 Å². The molecule has 4 heterocycles. The van der Waals surface area contributed by atoms with Crippen LogP contribution in [0, 0.1) is 29.4 Å². The minimum Gasteiger partial charge on any atom is -0.481 e. The molecule has 3 aliphatic carbocycles. The second-order valence-corrected chi connectivity index (χ2v) is 8.88. The molecule has 34 heavy (non-hydrogen) atoms. The number of carbonyl (C=O) groups is 1. The number of nitrogens with zero attached hydrogens (tertiary/aromatic N) is 5. The number of anilines is 1. The fourth-order valence-corrected chi connectivity index (χ4v) is 5.44. The highest BCUT2D eigenvalue weighted by Gasteiger charge is 2.47. The fraction of sp³-hybridized carbons (Fsp3) is 0.364. The molecular weight excluding hydrogens is 446 g/mol. The normalized spacial score (nSPS) is 23.9. The zero-order chi connectivity index (χ0) is 23.4. The number of H-pyrrole nitrogens is 2. The molecule has 4 aromatic heterocycles. The van der Waals surface area contributed by atoms with Gasteiger partial charge >= 0.3 is 5.97 Å². The Morgan fingerprint density at radius 1 is 1.09 bits per heavy atom. The Hall–Kier alpha value is -3.96. The highest BCUT2D eigenvalue weighted by Crippen LogP contribution is 2.46. The molecule has 3 fully saturated rings. The van der Waals surface area contributed by atoms with E-state index < -0.39 is 29.6 Å². The number of nitrogens with one attached hydrogen (secondary N) is 3. The van der Waals surface area contributed by atoms with E-state index >= 15 is 4.39 Å². The topological polar surface area (TPSA) is 145 Å². The first-order valence-corrected chi connectivity index (χ1v) is 11.1. The summed E-state index contributed by atoms with van der Waals surface area (Å²) in [6, 6.07) is 0.786. The predicted molar refractivity (Wildman–Crippen MR) is 116 cm³/mol. The highest BCUT2D eigenvalue weighted by molar-refractivity contribution is 5.89. The number of carboxylic acids is 1. The molecular formula is C22H20F2N8O2. The van der Waals surface area contributed by atoms with E-state index in [9.17, 15) is 14.3 Å². The molecule has 0 unspecified atom stereocenters. The Balaban J connectivity index is 1.49. The Bertz CT molecular complexity index is 1380. The molecule has 0 amide bonds. The van der Waals surface area contributed by atoms with Gasteiger partial charge in [-0.25, -0.2) is 23.7 Å². The lowest BCUT2D eigenvalue weighted by molar-refractivity contribution is -0.148. The number of pyridine rings is 1. The van der Waals surface area contributed by atoms with Gasteiger partial charge in [-0.2, -0.15) is 10.2 Å². The van der Waals surface area contributed by atoms with Gasteiger partial charge in [0.05, 0.1) is 23.7 Å². The first-order valence-electron chi connectivity index (χ1n) is 11.1. The molecule has 7 rings (SSSR count). The molecule has 0 saturated heterocycles. The van der Waals surface area contributed by atoms with Crippen LogP contribution < -0.4 is 5.32 Å². The third kappa shape index (κ3) is 3.28. The first-order chi connectivity index (χ1) is 16.5. The van der Waals surface area contributed by atoms with Crippen LogP contribution in [0.25, 0.3) is 33.8 Å². The second kappa shape index (κ2) is 7.82. The van der Waals surface area contributed by atoms with Crippen molar-refractivity contribution >= 4 is 22.8 Å². The molecule has 12 heteroatoms. The third-order valence-electron chi connectivity index (χ3n) is 7.03. The lowest BCUT2D eigenvalue weighted by atomic mass is 9.61. The lowest BCUT2D eigenvalue weighted by Gasteiger charge is -2.47. The Kier molecular flexibility index (Phi) is 4.74. The minimum absolute atomic E-state index is 0.0328. The molecule has 4 N–H and O–H groups in total. The molecule has 2 bridgehead atoms. The van der Waals surface area contributed by atoms with Gasteiger partial charge in [0.25, 0.3) is 0 Å². The minimum atomic E-state index is -0.892. The molecule has 0 spiro atoms. The van der Waals surface area contributed by atoms with E-state index in [1.807, 2.05) is 0 Å². The maximum Gasteiger partial charge on any atom is 0.308 e. The van der Waals surface area contributed by atoms with E-state index in [0.717, 1.165) is 31.9 Å². The number of aromatic nitrogens is 7. The number of hydrogen-bond acceptors (Lipinski definition) is 7. The summed E-state index contributed by atoms with van der Waals surface area (Å²) >= 11 is 0. The van der Waals surface area contributed by atoms with Crippen LogP contribution in [0.2, 0.25) is 0 Å². The largest absolute Gasteiger partial charge is 0.481 e. The van der Waals surface area contributed by atoms with Crippen LogP contribution in [-0.2, 0) is 4.79 Å². The average molecular weight is 466 g/mol. The zero-order valence-corrected chi connectivity index (χ0v) is 17.8. The van der Waals surface area contributed by atoms with Crippen LogP contribution in [0.3, 0.4) is 0 Å². The predicted octanol–water partition coefficient (Wildman–Crippen LogP) is 3.38. The lowest BCUT2D eigenvalue weighted by Crippen LogP contribution is -2.51. The van der Waals surface area contributed by atoms with Crippen LogP contribution in [-0.4, -0.2) is 52.5 Å². The van der Waals surface area contributed by atoms with Gasteiger partial charge in [-0.3, -0.25) is 15.0 Å². The van der Waals surface area contributed by atoms with E-state index in [1.54, 1.807) is 0 Å². The number of carboxylic acid groups (broad SMARTS) is 1. The maximum absolute atomic E-state index is 15.7. The van der Waals surface area contributed by atoms with Gasteiger partial charge < -0.3 is 10.4 Å². The standard InChI is InChI=1S/C22H20F2N8O2/c23-12-5-13-18(31-32-19(13)25-8-12)21-29-17(11-6-26-27-7-11)15(24)20(30-21)28-16-10-3-1-9(2-4-10)14(16)22(33)34/h5-10,14,16H,1-4H2,(H,26,27)(H,33,34)(H,25,31,32)(H,28,29,30)/t9?,10?,14-,16-/m0/s1. The Labute approximate surface area is 191 Å². The van der Waals surface area contributed by atoms with Gasteiger partial charge in [0.1, 0.15) is 17.2 Å². The van der Waals surface area contributed by atoms with Gasteiger partial charge in [0.15, 0.2) is 23.1 Å². The summed E-state index contributed by atoms with van der Waals surface area (Å²) in [5.41, 5.74) is 0.886. The summed E-state index contributed by atoms with van der Waals surface area (Å²) in [6.07, 6.45) is 7.45. The van der Waals surface area contributed by atoms with E-state index in [4.69, 9.17) is 0 Å². The van der Waals surface area contributed by atoms with Gasteiger partial charge in [-0.1, -0.05) is 0 Å². The Morgan fingerprint density at radius 3 is 2.62 bits per heavy atom. The van der Waals surface area contributed by atoms with Gasteiger partial charge in [0, 0.05) is 17.8 Å². The van der Waals surface area contributed by atoms with Crippen LogP contribution in [0.1, 0.15) is 25.7 Å². The van der Waals surface area contributed by atoms with Crippen molar-refractivity contribution in [3.8, 4) is 22.8 Å². The highest BCUT2D eigenvalue weighted by atomic mass is 19.1. The number of hydrogen-bond donors (Lipinski definition) is 4. The molecule has 3 saturated carbocycles. The zero-order valence-electron chi connectivity index (χ0n) is 17.8. The van der Waals surface area contributed by atoms with Crippen molar-refractivity contribution in [2.24, 2.45) is 17.8 Å². The number of aliphatic carboxylic acids is 1.